The molecule has 0 bridgehead atoms. The average molecular weight is 350 g/mol. The van der Waals surface area contributed by atoms with E-state index in [1.165, 1.54) is 12.4 Å². The first-order valence-corrected chi connectivity index (χ1v) is 7.82. The third kappa shape index (κ3) is 2.97. The number of pyridine rings is 1. The number of fused-ring (bicyclic) bond motifs is 1. The highest BCUT2D eigenvalue weighted by molar-refractivity contribution is 5.89. The summed E-state index contributed by atoms with van der Waals surface area (Å²) < 4.78 is 12.4. The number of carbonyl (C=O) groups excluding carboxylic acids is 1. The van der Waals surface area contributed by atoms with Crippen LogP contribution in [0, 0.1) is 0 Å². The van der Waals surface area contributed by atoms with Crippen LogP contribution in [0.5, 0.6) is 0 Å². The maximum Gasteiger partial charge on any atom is 0.338 e. The summed E-state index contributed by atoms with van der Waals surface area (Å²) in [5.41, 5.74) is 7.89. The summed E-state index contributed by atoms with van der Waals surface area (Å²) >= 11 is 0. The molecule has 0 aliphatic heterocycles. The van der Waals surface area contributed by atoms with Gasteiger partial charge in [-0.3, -0.25) is 4.98 Å². The summed E-state index contributed by atoms with van der Waals surface area (Å²) in [7, 11) is 0. The topological polar surface area (TPSA) is 122 Å². The van der Waals surface area contributed by atoms with E-state index in [2.05, 4.69) is 19.9 Å². The monoisotopic (exact) mass is 350 g/mol. The first kappa shape index (κ1) is 15.8. The van der Waals surface area contributed by atoms with Gasteiger partial charge >= 0.3 is 5.97 Å². The highest BCUT2D eigenvalue weighted by atomic mass is 16.5. The molecular formula is C17H14N6O3. The van der Waals surface area contributed by atoms with Crippen LogP contribution in [0.1, 0.15) is 10.4 Å². The van der Waals surface area contributed by atoms with Crippen molar-refractivity contribution in [1.82, 2.24) is 24.5 Å². The molecule has 0 unspecified atom stereocenters. The molecule has 0 atom stereocenters. The van der Waals surface area contributed by atoms with Gasteiger partial charge in [-0.2, -0.15) is 4.98 Å². The summed E-state index contributed by atoms with van der Waals surface area (Å²) in [5.74, 6) is 0.250. The number of furan rings is 1. The van der Waals surface area contributed by atoms with Crippen LogP contribution in [0.2, 0.25) is 0 Å². The molecule has 9 nitrogen and oxygen atoms in total. The quantitative estimate of drug-likeness (QED) is 0.542. The van der Waals surface area contributed by atoms with Gasteiger partial charge in [-0.25, -0.2) is 14.8 Å². The third-order valence-electron chi connectivity index (χ3n) is 3.72. The molecule has 2 N–H and O–H groups in total. The van der Waals surface area contributed by atoms with Crippen molar-refractivity contribution in [2.45, 2.75) is 6.54 Å². The zero-order valence-electron chi connectivity index (χ0n) is 13.6. The van der Waals surface area contributed by atoms with E-state index in [1.54, 1.807) is 41.4 Å². The van der Waals surface area contributed by atoms with E-state index in [-0.39, 0.29) is 12.6 Å². The van der Waals surface area contributed by atoms with E-state index in [0.717, 1.165) is 0 Å². The molecule has 0 spiro atoms. The number of rotatable bonds is 5. The zero-order chi connectivity index (χ0) is 17.9. The molecule has 4 rings (SSSR count). The molecule has 4 aromatic heterocycles. The molecule has 0 radical (unpaired) electrons. The Hall–Kier alpha value is -3.75. The lowest BCUT2D eigenvalue weighted by Crippen LogP contribution is -2.11. The van der Waals surface area contributed by atoms with E-state index in [9.17, 15) is 4.79 Å². The SMILES string of the molecule is Nc1nc(-c2ccco2)c2ncn(CCOC(=O)c3ccncc3)c2n1. The second kappa shape index (κ2) is 6.63. The second-order valence-electron chi connectivity index (χ2n) is 5.39. The number of hydrogen-bond donors (Lipinski definition) is 1. The van der Waals surface area contributed by atoms with Gasteiger partial charge < -0.3 is 19.5 Å². The molecule has 0 saturated heterocycles. The number of carbonyl (C=O) groups is 1. The Morgan fingerprint density at radius 3 is 2.85 bits per heavy atom. The van der Waals surface area contributed by atoms with Crippen molar-refractivity contribution in [3.05, 3.63) is 54.8 Å². The van der Waals surface area contributed by atoms with Gasteiger partial charge in [-0.15, -0.1) is 0 Å². The first-order valence-electron chi connectivity index (χ1n) is 7.82. The number of esters is 1. The smallest absolute Gasteiger partial charge is 0.338 e. The highest BCUT2D eigenvalue weighted by Crippen LogP contribution is 2.25. The van der Waals surface area contributed by atoms with Crippen LogP contribution in [0.4, 0.5) is 5.95 Å². The fourth-order valence-corrected chi connectivity index (χ4v) is 2.52. The molecule has 0 aromatic carbocycles. The standard InChI is InChI=1S/C17H14N6O3/c18-17-21-13(12-2-1-8-25-12)14-15(22-17)23(10-20-14)7-9-26-16(24)11-3-5-19-6-4-11/h1-6,8,10H,7,9H2,(H2,18,21,22). The van der Waals surface area contributed by atoms with Crippen LogP contribution < -0.4 is 5.73 Å². The van der Waals surface area contributed by atoms with Gasteiger partial charge in [-0.1, -0.05) is 0 Å². The minimum absolute atomic E-state index is 0.111. The van der Waals surface area contributed by atoms with Crippen molar-refractivity contribution in [3.8, 4) is 11.5 Å². The van der Waals surface area contributed by atoms with Gasteiger partial charge in [-0.05, 0) is 24.3 Å². The summed E-state index contributed by atoms with van der Waals surface area (Å²) in [4.78, 5) is 28.6. The fourth-order valence-electron chi connectivity index (χ4n) is 2.52. The number of nitrogens with zero attached hydrogens (tertiary/aromatic N) is 5. The average Bonchev–Trinajstić information content (AvgIpc) is 3.32. The Morgan fingerprint density at radius 1 is 1.23 bits per heavy atom. The minimum Gasteiger partial charge on any atom is -0.463 e. The van der Waals surface area contributed by atoms with Crippen LogP contribution in [0.15, 0.2) is 53.7 Å². The number of ether oxygens (including phenoxy) is 1. The van der Waals surface area contributed by atoms with Crippen molar-refractivity contribution in [2.24, 2.45) is 0 Å². The lowest BCUT2D eigenvalue weighted by atomic mass is 10.3. The van der Waals surface area contributed by atoms with Gasteiger partial charge in [0.05, 0.1) is 24.7 Å². The zero-order valence-corrected chi connectivity index (χ0v) is 13.6. The van der Waals surface area contributed by atoms with Crippen LogP contribution in [0.25, 0.3) is 22.6 Å². The number of aromatic nitrogens is 5. The summed E-state index contributed by atoms with van der Waals surface area (Å²) in [6, 6.07) is 6.72. The van der Waals surface area contributed by atoms with Gasteiger partial charge in [0, 0.05) is 12.4 Å². The van der Waals surface area contributed by atoms with E-state index >= 15 is 0 Å². The second-order valence-corrected chi connectivity index (χ2v) is 5.39. The summed E-state index contributed by atoms with van der Waals surface area (Å²) in [5, 5.41) is 0. The van der Waals surface area contributed by atoms with Crippen LogP contribution in [-0.4, -0.2) is 37.1 Å². The van der Waals surface area contributed by atoms with E-state index < -0.39 is 5.97 Å². The molecule has 130 valence electrons. The Morgan fingerprint density at radius 2 is 2.08 bits per heavy atom. The Balaban J connectivity index is 1.54. The number of anilines is 1. The van der Waals surface area contributed by atoms with Crippen molar-refractivity contribution >= 4 is 23.1 Å². The van der Waals surface area contributed by atoms with Gasteiger partial charge in [0.25, 0.3) is 0 Å². The van der Waals surface area contributed by atoms with Crippen LogP contribution in [-0.2, 0) is 11.3 Å². The highest BCUT2D eigenvalue weighted by Gasteiger charge is 2.16. The number of nitrogen functional groups attached to an aromatic ring is 1. The molecule has 26 heavy (non-hydrogen) atoms. The van der Waals surface area contributed by atoms with Gasteiger partial charge in [0.2, 0.25) is 5.95 Å². The van der Waals surface area contributed by atoms with Crippen molar-refractivity contribution in [3.63, 3.8) is 0 Å². The molecule has 9 heteroatoms. The van der Waals surface area contributed by atoms with Crippen molar-refractivity contribution in [2.75, 3.05) is 12.3 Å². The number of hydrogen-bond acceptors (Lipinski definition) is 8. The summed E-state index contributed by atoms with van der Waals surface area (Å²) in [6.45, 7) is 0.536. The molecule has 0 amide bonds. The van der Waals surface area contributed by atoms with E-state index in [1.807, 2.05) is 0 Å². The third-order valence-corrected chi connectivity index (χ3v) is 3.72. The molecule has 0 aliphatic carbocycles. The van der Waals surface area contributed by atoms with E-state index in [0.29, 0.717) is 34.7 Å². The van der Waals surface area contributed by atoms with E-state index in [4.69, 9.17) is 14.9 Å². The lowest BCUT2D eigenvalue weighted by Gasteiger charge is -2.07. The van der Waals surface area contributed by atoms with Crippen LogP contribution in [0.3, 0.4) is 0 Å². The maximum atomic E-state index is 12.0. The molecule has 0 aliphatic rings. The maximum absolute atomic E-state index is 12.0. The largest absolute Gasteiger partial charge is 0.463 e. The van der Waals surface area contributed by atoms with Crippen molar-refractivity contribution in [1.29, 1.82) is 0 Å². The molecule has 0 fully saturated rings. The number of imidazole rings is 1. The number of nitrogens with two attached hydrogens (primary N) is 1. The van der Waals surface area contributed by atoms with Crippen molar-refractivity contribution < 1.29 is 13.9 Å². The predicted molar refractivity (Wildman–Crippen MR) is 92.0 cm³/mol. The van der Waals surface area contributed by atoms with Crippen LogP contribution >= 0.6 is 0 Å². The Labute approximate surface area is 147 Å². The molecule has 4 aromatic rings. The fraction of sp³-hybridized carbons (Fsp3) is 0.118. The minimum atomic E-state index is -0.415. The predicted octanol–water partition coefficient (Wildman–Crippen LogP) is 1.92. The Bertz CT molecular complexity index is 1040. The van der Waals surface area contributed by atoms with Gasteiger partial charge in [0.15, 0.2) is 11.4 Å². The first-order chi connectivity index (χ1) is 12.7. The molecule has 0 saturated carbocycles. The molecule has 4 heterocycles. The lowest BCUT2D eigenvalue weighted by molar-refractivity contribution is 0.0492. The normalized spacial score (nSPS) is 10.9. The molecular weight excluding hydrogens is 336 g/mol. The Kier molecular flexibility index (Phi) is 4.02. The summed E-state index contributed by atoms with van der Waals surface area (Å²) in [6.07, 6.45) is 6.23. The van der Waals surface area contributed by atoms with Gasteiger partial charge in [0.1, 0.15) is 17.8 Å².